The highest BCUT2D eigenvalue weighted by Crippen LogP contribution is 2.38. The fourth-order valence-electron chi connectivity index (χ4n) is 3.54. The maximum atomic E-state index is 5.43. The van der Waals surface area contributed by atoms with E-state index < -0.39 is 0 Å². The largest absolute Gasteiger partial charge is 0.493 e. The van der Waals surface area contributed by atoms with Crippen molar-refractivity contribution >= 4 is 29.9 Å². The number of guanidine groups is 1. The van der Waals surface area contributed by atoms with Crippen molar-refractivity contribution in [1.82, 2.24) is 20.4 Å². The molecular formula is C21H38IN5O3. The third kappa shape index (κ3) is 7.35. The Hall–Kier alpha value is -1.46. The minimum Gasteiger partial charge on any atom is -0.493 e. The molecule has 172 valence electrons. The van der Waals surface area contributed by atoms with Gasteiger partial charge in [-0.05, 0) is 31.2 Å². The highest BCUT2D eigenvalue weighted by Gasteiger charge is 2.20. The summed E-state index contributed by atoms with van der Waals surface area (Å²) in [7, 11) is 6.63. The zero-order valence-corrected chi connectivity index (χ0v) is 21.5. The Bertz CT molecular complexity index is 641. The number of halogens is 1. The highest BCUT2D eigenvalue weighted by atomic mass is 127. The van der Waals surface area contributed by atoms with E-state index in [-0.39, 0.29) is 24.0 Å². The highest BCUT2D eigenvalue weighted by molar-refractivity contribution is 14.0. The van der Waals surface area contributed by atoms with Crippen molar-refractivity contribution in [2.24, 2.45) is 4.99 Å². The lowest BCUT2D eigenvalue weighted by molar-refractivity contribution is 0.107. The van der Waals surface area contributed by atoms with Gasteiger partial charge in [0.2, 0.25) is 5.75 Å². The molecule has 1 unspecified atom stereocenters. The SMILES string of the molecule is CCN1CCN(C(C)CNC(=NC)NCc2cc(OC)c(OC)c(OC)c2)CC1.I. The first-order valence-corrected chi connectivity index (χ1v) is 10.3. The summed E-state index contributed by atoms with van der Waals surface area (Å²) in [6, 6.07) is 4.34. The smallest absolute Gasteiger partial charge is 0.203 e. The van der Waals surface area contributed by atoms with Gasteiger partial charge in [-0.25, -0.2) is 0 Å². The molecule has 1 aromatic carbocycles. The average Bonchev–Trinajstić information content (AvgIpc) is 2.78. The molecule has 0 aliphatic carbocycles. The van der Waals surface area contributed by atoms with Crippen molar-refractivity contribution in [2.75, 3.05) is 67.6 Å². The van der Waals surface area contributed by atoms with Crippen LogP contribution in [0, 0.1) is 0 Å². The Morgan fingerprint density at radius 3 is 2.10 bits per heavy atom. The van der Waals surface area contributed by atoms with Crippen LogP contribution in [0.15, 0.2) is 17.1 Å². The predicted octanol–water partition coefficient (Wildman–Crippen LogP) is 2.02. The Morgan fingerprint density at radius 1 is 1.03 bits per heavy atom. The van der Waals surface area contributed by atoms with Crippen LogP contribution in [0.1, 0.15) is 19.4 Å². The van der Waals surface area contributed by atoms with E-state index in [1.807, 2.05) is 12.1 Å². The van der Waals surface area contributed by atoms with Crippen LogP contribution in [0.3, 0.4) is 0 Å². The third-order valence-electron chi connectivity index (χ3n) is 5.45. The Balaban J connectivity index is 0.00000450. The first kappa shape index (κ1) is 26.6. The molecule has 1 aromatic rings. The van der Waals surface area contributed by atoms with Crippen LogP contribution in [-0.4, -0.2) is 89.4 Å². The molecule has 1 aliphatic heterocycles. The van der Waals surface area contributed by atoms with Crippen molar-refractivity contribution in [2.45, 2.75) is 26.4 Å². The van der Waals surface area contributed by atoms with Gasteiger partial charge in [0, 0.05) is 52.4 Å². The van der Waals surface area contributed by atoms with Crippen LogP contribution in [-0.2, 0) is 6.54 Å². The minimum atomic E-state index is 0. The van der Waals surface area contributed by atoms with Gasteiger partial charge >= 0.3 is 0 Å². The summed E-state index contributed by atoms with van der Waals surface area (Å²) in [6.07, 6.45) is 0. The molecule has 30 heavy (non-hydrogen) atoms. The molecule has 1 fully saturated rings. The van der Waals surface area contributed by atoms with Crippen molar-refractivity contribution in [3.63, 3.8) is 0 Å². The molecule has 0 amide bonds. The normalized spacial score (nSPS) is 16.4. The molecule has 9 heteroatoms. The quantitative estimate of drug-likeness (QED) is 0.285. The first-order chi connectivity index (χ1) is 14.1. The Kier molecular flexibility index (Phi) is 12.2. The molecule has 0 spiro atoms. The fraction of sp³-hybridized carbons (Fsp3) is 0.667. The van der Waals surface area contributed by atoms with Gasteiger partial charge in [0.15, 0.2) is 17.5 Å². The summed E-state index contributed by atoms with van der Waals surface area (Å²) >= 11 is 0. The van der Waals surface area contributed by atoms with E-state index in [1.165, 1.54) is 0 Å². The first-order valence-electron chi connectivity index (χ1n) is 10.3. The number of hydrogen-bond donors (Lipinski definition) is 2. The van der Waals surface area contributed by atoms with Crippen molar-refractivity contribution in [1.29, 1.82) is 0 Å². The van der Waals surface area contributed by atoms with Gasteiger partial charge in [0.1, 0.15) is 0 Å². The van der Waals surface area contributed by atoms with E-state index >= 15 is 0 Å². The van der Waals surface area contributed by atoms with Crippen molar-refractivity contribution in [3.05, 3.63) is 17.7 Å². The van der Waals surface area contributed by atoms with Gasteiger partial charge in [-0.1, -0.05) is 6.92 Å². The zero-order chi connectivity index (χ0) is 21.2. The summed E-state index contributed by atoms with van der Waals surface area (Å²) in [6.45, 7) is 11.6. The molecule has 8 nitrogen and oxygen atoms in total. The number of nitrogens with zero attached hydrogens (tertiary/aromatic N) is 3. The van der Waals surface area contributed by atoms with Gasteiger partial charge in [0.25, 0.3) is 0 Å². The number of nitrogens with one attached hydrogen (secondary N) is 2. The fourth-order valence-corrected chi connectivity index (χ4v) is 3.54. The zero-order valence-electron chi connectivity index (χ0n) is 19.2. The molecule has 1 aliphatic rings. The van der Waals surface area contributed by atoms with Gasteiger partial charge in [0.05, 0.1) is 21.3 Å². The molecule has 0 bridgehead atoms. The van der Waals surface area contributed by atoms with Gasteiger partial charge in [-0.15, -0.1) is 24.0 Å². The Labute approximate surface area is 198 Å². The number of benzene rings is 1. The molecular weight excluding hydrogens is 497 g/mol. The molecule has 2 rings (SSSR count). The third-order valence-corrected chi connectivity index (χ3v) is 5.45. The van der Waals surface area contributed by atoms with E-state index in [9.17, 15) is 0 Å². The number of ether oxygens (including phenoxy) is 3. The van der Waals surface area contributed by atoms with Gasteiger partial charge < -0.3 is 29.7 Å². The van der Waals surface area contributed by atoms with E-state index in [0.29, 0.717) is 29.8 Å². The maximum Gasteiger partial charge on any atom is 0.203 e. The Morgan fingerprint density at radius 2 is 1.63 bits per heavy atom. The standard InChI is InChI=1S/C21H37N5O3.HI/c1-7-25-8-10-26(11-9-25)16(2)14-23-21(22-3)24-15-17-12-18(27-4)20(29-6)19(13-17)28-5;/h12-13,16H,7-11,14-15H2,1-6H3,(H2,22,23,24);1H. The summed E-state index contributed by atoms with van der Waals surface area (Å²) in [5.74, 6) is 2.66. The van der Waals surface area contributed by atoms with Gasteiger partial charge in [-0.3, -0.25) is 9.89 Å². The number of rotatable bonds is 9. The molecule has 0 saturated carbocycles. The van der Waals surface area contributed by atoms with E-state index in [0.717, 1.165) is 50.8 Å². The molecule has 1 heterocycles. The van der Waals surface area contributed by atoms with Crippen LogP contribution in [0.2, 0.25) is 0 Å². The summed E-state index contributed by atoms with van der Waals surface area (Å²) in [5, 5.41) is 6.80. The van der Waals surface area contributed by atoms with E-state index in [4.69, 9.17) is 14.2 Å². The summed E-state index contributed by atoms with van der Waals surface area (Å²) in [5.41, 5.74) is 1.02. The molecule has 0 aromatic heterocycles. The van der Waals surface area contributed by atoms with Crippen molar-refractivity contribution < 1.29 is 14.2 Å². The summed E-state index contributed by atoms with van der Waals surface area (Å²) in [4.78, 5) is 9.37. The maximum absolute atomic E-state index is 5.43. The topological polar surface area (TPSA) is 70.6 Å². The van der Waals surface area contributed by atoms with Gasteiger partial charge in [-0.2, -0.15) is 0 Å². The lowest BCUT2D eigenvalue weighted by Gasteiger charge is -2.37. The monoisotopic (exact) mass is 535 g/mol. The summed E-state index contributed by atoms with van der Waals surface area (Å²) < 4.78 is 16.2. The number of likely N-dealkylation sites (N-methyl/N-ethyl adjacent to an activating group) is 1. The second-order valence-corrected chi connectivity index (χ2v) is 7.16. The lowest BCUT2D eigenvalue weighted by atomic mass is 10.2. The molecule has 0 radical (unpaired) electrons. The number of hydrogen-bond acceptors (Lipinski definition) is 6. The van der Waals surface area contributed by atoms with Crippen LogP contribution >= 0.6 is 24.0 Å². The number of piperazine rings is 1. The van der Waals surface area contributed by atoms with E-state index in [2.05, 4.69) is 39.3 Å². The van der Waals surface area contributed by atoms with E-state index in [1.54, 1.807) is 28.4 Å². The molecule has 1 saturated heterocycles. The molecule has 2 N–H and O–H groups in total. The minimum absolute atomic E-state index is 0. The molecule has 1 atom stereocenters. The number of methoxy groups -OCH3 is 3. The van der Waals surface area contributed by atoms with Crippen LogP contribution in [0.25, 0.3) is 0 Å². The number of aliphatic imine (C=N–C) groups is 1. The second kappa shape index (κ2) is 13.8. The van der Waals surface area contributed by atoms with Crippen LogP contribution in [0.5, 0.6) is 17.2 Å². The predicted molar refractivity (Wildman–Crippen MR) is 133 cm³/mol. The van der Waals surface area contributed by atoms with Crippen molar-refractivity contribution in [3.8, 4) is 17.2 Å². The average molecular weight is 535 g/mol. The lowest BCUT2D eigenvalue weighted by Crippen LogP contribution is -2.53. The van der Waals surface area contributed by atoms with Crippen LogP contribution < -0.4 is 24.8 Å². The second-order valence-electron chi connectivity index (χ2n) is 7.16. The van der Waals surface area contributed by atoms with Crippen LogP contribution in [0.4, 0.5) is 0 Å².